The lowest BCUT2D eigenvalue weighted by Crippen LogP contribution is -2.29. The molecule has 1 aliphatic rings. The highest BCUT2D eigenvalue weighted by Crippen LogP contribution is 2.26. The summed E-state index contributed by atoms with van der Waals surface area (Å²) in [5.41, 5.74) is -0.00712. The van der Waals surface area contributed by atoms with E-state index >= 15 is 0 Å². The summed E-state index contributed by atoms with van der Waals surface area (Å²) in [5, 5.41) is 8.91. The molecule has 1 N–H and O–H groups in total. The fourth-order valence-corrected chi connectivity index (χ4v) is 3.86. The van der Waals surface area contributed by atoms with Crippen molar-refractivity contribution in [2.75, 3.05) is 13.1 Å². The summed E-state index contributed by atoms with van der Waals surface area (Å²) in [6.45, 7) is 3.08. The number of nitrogens with zero attached hydrogens (tertiary/aromatic N) is 1. The van der Waals surface area contributed by atoms with Crippen molar-refractivity contribution in [2.45, 2.75) is 24.7 Å². The number of hydrogen-bond acceptors (Lipinski definition) is 3. The first-order valence-corrected chi connectivity index (χ1v) is 7.72. The molecule has 0 saturated carbocycles. The monoisotopic (exact) mass is 283 g/mol. The Morgan fingerprint density at radius 3 is 2.79 bits per heavy atom. The minimum Gasteiger partial charge on any atom is -0.478 e. The smallest absolute Gasteiger partial charge is 0.335 e. The van der Waals surface area contributed by atoms with Crippen LogP contribution in [0.3, 0.4) is 0 Å². The van der Waals surface area contributed by atoms with Crippen molar-refractivity contribution in [3.8, 4) is 0 Å². The van der Waals surface area contributed by atoms with E-state index in [1.807, 2.05) is 6.92 Å². The third kappa shape index (κ3) is 2.79. The van der Waals surface area contributed by atoms with Gasteiger partial charge in [0, 0.05) is 13.1 Å². The average Bonchev–Trinajstić information content (AvgIpc) is 2.88. The summed E-state index contributed by atoms with van der Waals surface area (Å²) < 4.78 is 26.3. The zero-order valence-corrected chi connectivity index (χ0v) is 11.6. The van der Waals surface area contributed by atoms with Crippen LogP contribution in [0.25, 0.3) is 0 Å². The van der Waals surface area contributed by atoms with Gasteiger partial charge in [-0.15, -0.1) is 0 Å². The lowest BCUT2D eigenvalue weighted by atomic mass is 10.1. The SMILES string of the molecule is CCC1CCN(S(=O)(=O)c2cccc(C(=O)O)c2)C1. The largest absolute Gasteiger partial charge is 0.478 e. The third-order valence-corrected chi connectivity index (χ3v) is 5.41. The minimum atomic E-state index is -3.57. The first-order valence-electron chi connectivity index (χ1n) is 6.28. The van der Waals surface area contributed by atoms with Gasteiger partial charge < -0.3 is 5.11 Å². The van der Waals surface area contributed by atoms with E-state index < -0.39 is 16.0 Å². The van der Waals surface area contributed by atoms with Gasteiger partial charge in [-0.1, -0.05) is 19.4 Å². The van der Waals surface area contributed by atoms with E-state index in [9.17, 15) is 13.2 Å². The molecule has 1 aromatic rings. The van der Waals surface area contributed by atoms with Crippen LogP contribution >= 0.6 is 0 Å². The molecule has 0 radical (unpaired) electrons. The maximum absolute atomic E-state index is 12.4. The molecule has 6 heteroatoms. The highest BCUT2D eigenvalue weighted by atomic mass is 32.2. The van der Waals surface area contributed by atoms with Crippen LogP contribution in [0.1, 0.15) is 30.1 Å². The second-order valence-electron chi connectivity index (χ2n) is 4.76. The molecule has 1 aliphatic heterocycles. The van der Waals surface area contributed by atoms with Crippen LogP contribution in [-0.2, 0) is 10.0 Å². The van der Waals surface area contributed by atoms with E-state index in [0.29, 0.717) is 19.0 Å². The molecule has 1 unspecified atom stereocenters. The first-order chi connectivity index (χ1) is 8.95. The molecule has 104 valence electrons. The van der Waals surface area contributed by atoms with Gasteiger partial charge in [0.1, 0.15) is 0 Å². The van der Waals surface area contributed by atoms with Crippen molar-refractivity contribution in [2.24, 2.45) is 5.92 Å². The van der Waals surface area contributed by atoms with Crippen LogP contribution in [0.2, 0.25) is 0 Å². The number of carboxylic acids is 1. The van der Waals surface area contributed by atoms with Gasteiger partial charge in [-0.2, -0.15) is 4.31 Å². The number of carbonyl (C=O) groups is 1. The Hall–Kier alpha value is -1.40. The molecule has 1 atom stereocenters. The summed E-state index contributed by atoms with van der Waals surface area (Å²) in [6, 6.07) is 5.52. The fourth-order valence-electron chi connectivity index (χ4n) is 2.29. The summed E-state index contributed by atoms with van der Waals surface area (Å²) in [7, 11) is -3.57. The molecular weight excluding hydrogens is 266 g/mol. The maximum Gasteiger partial charge on any atom is 0.335 e. The Kier molecular flexibility index (Phi) is 3.91. The third-order valence-electron chi connectivity index (χ3n) is 3.54. The molecule has 1 aromatic carbocycles. The van der Waals surface area contributed by atoms with Crippen LogP contribution in [0, 0.1) is 5.92 Å². The Morgan fingerprint density at radius 2 is 2.21 bits per heavy atom. The Morgan fingerprint density at radius 1 is 1.47 bits per heavy atom. The van der Waals surface area contributed by atoms with Gasteiger partial charge in [0.2, 0.25) is 10.0 Å². The molecule has 0 amide bonds. The van der Waals surface area contributed by atoms with Crippen LogP contribution in [0.4, 0.5) is 0 Å². The van der Waals surface area contributed by atoms with Crippen molar-refractivity contribution in [1.82, 2.24) is 4.31 Å². The molecule has 0 aromatic heterocycles. The van der Waals surface area contributed by atoms with E-state index in [1.165, 1.54) is 28.6 Å². The molecule has 1 heterocycles. The highest BCUT2D eigenvalue weighted by Gasteiger charge is 2.31. The minimum absolute atomic E-state index is 0.00712. The summed E-state index contributed by atoms with van der Waals surface area (Å²) in [4.78, 5) is 11.0. The van der Waals surface area contributed by atoms with Crippen molar-refractivity contribution < 1.29 is 18.3 Å². The van der Waals surface area contributed by atoms with Gasteiger partial charge in [-0.05, 0) is 30.5 Å². The van der Waals surface area contributed by atoms with Crippen molar-refractivity contribution in [3.63, 3.8) is 0 Å². The van der Waals surface area contributed by atoms with E-state index in [0.717, 1.165) is 12.8 Å². The van der Waals surface area contributed by atoms with Gasteiger partial charge in [0.15, 0.2) is 0 Å². The molecule has 5 nitrogen and oxygen atoms in total. The lowest BCUT2D eigenvalue weighted by molar-refractivity contribution is 0.0696. The number of benzene rings is 1. The average molecular weight is 283 g/mol. The fraction of sp³-hybridized carbons (Fsp3) is 0.462. The number of sulfonamides is 1. The molecule has 2 rings (SSSR count). The zero-order chi connectivity index (χ0) is 14.0. The molecule has 19 heavy (non-hydrogen) atoms. The first kappa shape index (κ1) is 14.0. The standard InChI is InChI=1S/C13H17NO4S/c1-2-10-6-7-14(9-10)19(17,18)12-5-3-4-11(8-12)13(15)16/h3-5,8,10H,2,6-7,9H2,1H3,(H,15,16). The Labute approximate surface area is 112 Å². The second kappa shape index (κ2) is 5.30. The predicted octanol–water partition coefficient (Wildman–Crippen LogP) is 1.81. The van der Waals surface area contributed by atoms with Gasteiger partial charge in [-0.3, -0.25) is 0 Å². The van der Waals surface area contributed by atoms with Crippen LogP contribution in [-0.4, -0.2) is 36.9 Å². The summed E-state index contributed by atoms with van der Waals surface area (Å²) in [6.07, 6.45) is 1.83. The maximum atomic E-state index is 12.4. The normalized spacial score (nSPS) is 20.6. The van der Waals surface area contributed by atoms with E-state index in [1.54, 1.807) is 0 Å². The molecule has 1 fully saturated rings. The summed E-state index contributed by atoms with van der Waals surface area (Å²) >= 11 is 0. The quantitative estimate of drug-likeness (QED) is 0.914. The van der Waals surface area contributed by atoms with Crippen LogP contribution < -0.4 is 0 Å². The number of rotatable bonds is 4. The van der Waals surface area contributed by atoms with E-state index in [4.69, 9.17) is 5.11 Å². The highest BCUT2D eigenvalue weighted by molar-refractivity contribution is 7.89. The van der Waals surface area contributed by atoms with Crippen LogP contribution in [0.5, 0.6) is 0 Å². The number of aromatic carboxylic acids is 1. The van der Waals surface area contributed by atoms with Crippen LogP contribution in [0.15, 0.2) is 29.2 Å². The van der Waals surface area contributed by atoms with Gasteiger partial charge in [0.25, 0.3) is 0 Å². The summed E-state index contributed by atoms with van der Waals surface area (Å²) in [5.74, 6) is -0.720. The molecular formula is C13H17NO4S. The predicted molar refractivity (Wildman–Crippen MR) is 70.6 cm³/mol. The zero-order valence-electron chi connectivity index (χ0n) is 10.7. The van der Waals surface area contributed by atoms with Crippen molar-refractivity contribution >= 4 is 16.0 Å². The Bertz CT molecular complexity index is 582. The van der Waals surface area contributed by atoms with Gasteiger partial charge >= 0.3 is 5.97 Å². The molecule has 0 spiro atoms. The van der Waals surface area contributed by atoms with E-state index in [-0.39, 0.29) is 10.5 Å². The van der Waals surface area contributed by atoms with E-state index in [2.05, 4.69) is 0 Å². The topological polar surface area (TPSA) is 74.7 Å². The molecule has 1 saturated heterocycles. The number of hydrogen-bond donors (Lipinski definition) is 1. The molecule has 0 bridgehead atoms. The second-order valence-corrected chi connectivity index (χ2v) is 6.70. The molecule has 0 aliphatic carbocycles. The number of carboxylic acid groups (broad SMARTS) is 1. The van der Waals surface area contributed by atoms with Crippen molar-refractivity contribution in [3.05, 3.63) is 29.8 Å². The lowest BCUT2D eigenvalue weighted by Gasteiger charge is -2.16. The van der Waals surface area contributed by atoms with Gasteiger partial charge in [0.05, 0.1) is 10.5 Å². The van der Waals surface area contributed by atoms with Crippen molar-refractivity contribution in [1.29, 1.82) is 0 Å². The Balaban J connectivity index is 2.30. The van der Waals surface area contributed by atoms with Gasteiger partial charge in [-0.25, -0.2) is 13.2 Å².